The standard InChI is InChI=1S/C23H21BrN4O3S/c1-2-4-21-27-28-23(32-21)26-22(29)17(15-25)13-16-5-3-6-20(14-16)31-12-11-30-19-9-7-18(24)8-10-19/h3,5-10,13-14H,2,4,11-12H2,1H3,(H,26,28,29)/b17-13-. The Morgan fingerprint density at radius 2 is 1.91 bits per heavy atom. The van der Waals surface area contributed by atoms with Gasteiger partial charge in [0.05, 0.1) is 0 Å². The molecule has 0 aliphatic rings. The number of halogens is 1. The summed E-state index contributed by atoms with van der Waals surface area (Å²) in [6, 6.07) is 16.6. The van der Waals surface area contributed by atoms with Gasteiger partial charge in [-0.15, -0.1) is 10.2 Å². The zero-order valence-electron chi connectivity index (χ0n) is 17.4. The Balaban J connectivity index is 1.56. The second kappa shape index (κ2) is 12.0. The van der Waals surface area contributed by atoms with E-state index in [1.165, 1.54) is 17.4 Å². The molecule has 9 heteroatoms. The maximum absolute atomic E-state index is 12.5. The number of rotatable bonds is 10. The van der Waals surface area contributed by atoms with Gasteiger partial charge in [0.15, 0.2) is 0 Å². The molecule has 0 fully saturated rings. The van der Waals surface area contributed by atoms with Crippen molar-refractivity contribution in [2.24, 2.45) is 0 Å². The average molecular weight is 513 g/mol. The van der Waals surface area contributed by atoms with Crippen molar-refractivity contribution in [1.82, 2.24) is 10.2 Å². The quantitative estimate of drug-likeness (QED) is 0.226. The zero-order valence-corrected chi connectivity index (χ0v) is 19.8. The van der Waals surface area contributed by atoms with Crippen LogP contribution in [0, 0.1) is 11.3 Å². The number of nitrogens with one attached hydrogen (secondary N) is 1. The first kappa shape index (κ1) is 23.4. The smallest absolute Gasteiger partial charge is 0.268 e. The van der Waals surface area contributed by atoms with E-state index in [9.17, 15) is 10.1 Å². The summed E-state index contributed by atoms with van der Waals surface area (Å²) in [6.07, 6.45) is 3.25. The minimum Gasteiger partial charge on any atom is -0.490 e. The van der Waals surface area contributed by atoms with Crippen LogP contribution in [0.2, 0.25) is 0 Å². The molecule has 32 heavy (non-hydrogen) atoms. The number of aryl methyl sites for hydroxylation is 1. The van der Waals surface area contributed by atoms with Crippen molar-refractivity contribution in [2.75, 3.05) is 18.5 Å². The number of anilines is 1. The van der Waals surface area contributed by atoms with E-state index >= 15 is 0 Å². The molecule has 1 N–H and O–H groups in total. The molecule has 0 radical (unpaired) electrons. The molecule has 0 saturated heterocycles. The summed E-state index contributed by atoms with van der Waals surface area (Å²) in [6.45, 7) is 2.78. The number of hydrogen-bond donors (Lipinski definition) is 1. The summed E-state index contributed by atoms with van der Waals surface area (Å²) in [5.41, 5.74) is 0.639. The van der Waals surface area contributed by atoms with Gasteiger partial charge in [-0.1, -0.05) is 46.3 Å². The molecular formula is C23H21BrN4O3S. The van der Waals surface area contributed by atoms with Crippen LogP contribution in [0.3, 0.4) is 0 Å². The van der Waals surface area contributed by atoms with Crippen molar-refractivity contribution in [2.45, 2.75) is 19.8 Å². The van der Waals surface area contributed by atoms with Crippen LogP contribution in [-0.2, 0) is 11.2 Å². The predicted molar refractivity (Wildman–Crippen MR) is 128 cm³/mol. The first-order valence-corrected chi connectivity index (χ1v) is 11.5. The zero-order chi connectivity index (χ0) is 22.8. The molecule has 2 aromatic carbocycles. The van der Waals surface area contributed by atoms with Crippen LogP contribution < -0.4 is 14.8 Å². The van der Waals surface area contributed by atoms with Crippen LogP contribution >= 0.6 is 27.3 Å². The maximum atomic E-state index is 12.5. The summed E-state index contributed by atoms with van der Waals surface area (Å²) >= 11 is 4.69. The lowest BCUT2D eigenvalue weighted by Crippen LogP contribution is -2.13. The van der Waals surface area contributed by atoms with Crippen molar-refractivity contribution in [3.05, 3.63) is 69.1 Å². The van der Waals surface area contributed by atoms with E-state index in [0.29, 0.717) is 29.7 Å². The maximum Gasteiger partial charge on any atom is 0.268 e. The molecule has 0 aliphatic carbocycles. The summed E-state index contributed by atoms with van der Waals surface area (Å²) in [5, 5.41) is 21.3. The molecule has 3 rings (SSSR count). The summed E-state index contributed by atoms with van der Waals surface area (Å²) in [7, 11) is 0. The summed E-state index contributed by atoms with van der Waals surface area (Å²) < 4.78 is 12.3. The fourth-order valence-electron chi connectivity index (χ4n) is 2.64. The lowest BCUT2D eigenvalue weighted by molar-refractivity contribution is -0.112. The van der Waals surface area contributed by atoms with Gasteiger partial charge in [-0.25, -0.2) is 0 Å². The Bertz CT molecular complexity index is 1120. The van der Waals surface area contributed by atoms with Crippen LogP contribution in [0.15, 0.2) is 58.6 Å². The molecule has 0 unspecified atom stereocenters. The number of hydrogen-bond acceptors (Lipinski definition) is 7. The van der Waals surface area contributed by atoms with E-state index in [2.05, 4.69) is 31.4 Å². The molecule has 0 atom stereocenters. The van der Waals surface area contributed by atoms with Gasteiger partial charge in [0.25, 0.3) is 5.91 Å². The van der Waals surface area contributed by atoms with Crippen LogP contribution in [-0.4, -0.2) is 29.3 Å². The highest BCUT2D eigenvalue weighted by Gasteiger charge is 2.13. The molecule has 1 amide bonds. The Hall–Kier alpha value is -3.22. The van der Waals surface area contributed by atoms with E-state index in [1.807, 2.05) is 37.3 Å². The SMILES string of the molecule is CCCc1nnc(NC(=O)/C(C#N)=C\c2cccc(OCCOc3ccc(Br)cc3)c2)s1. The Kier molecular flexibility index (Phi) is 8.78. The first-order valence-electron chi connectivity index (χ1n) is 9.94. The molecule has 3 aromatic rings. The van der Waals surface area contributed by atoms with E-state index in [4.69, 9.17) is 9.47 Å². The molecular weight excluding hydrogens is 492 g/mol. The number of benzene rings is 2. The molecule has 0 aliphatic heterocycles. The first-order chi connectivity index (χ1) is 15.6. The van der Waals surface area contributed by atoms with Crippen LogP contribution in [0.25, 0.3) is 6.08 Å². The molecule has 7 nitrogen and oxygen atoms in total. The average Bonchev–Trinajstić information content (AvgIpc) is 3.23. The summed E-state index contributed by atoms with van der Waals surface area (Å²) in [5.74, 6) is 0.848. The van der Waals surface area contributed by atoms with E-state index < -0.39 is 5.91 Å². The van der Waals surface area contributed by atoms with Gasteiger partial charge < -0.3 is 9.47 Å². The molecule has 0 saturated carbocycles. The van der Waals surface area contributed by atoms with Crippen molar-refractivity contribution in [3.8, 4) is 17.6 Å². The molecule has 0 spiro atoms. The number of ether oxygens (including phenoxy) is 2. The Morgan fingerprint density at radius 1 is 1.16 bits per heavy atom. The lowest BCUT2D eigenvalue weighted by Gasteiger charge is -2.09. The fourth-order valence-corrected chi connectivity index (χ4v) is 3.74. The molecule has 0 bridgehead atoms. The minimum atomic E-state index is -0.527. The fraction of sp³-hybridized carbons (Fsp3) is 0.217. The van der Waals surface area contributed by atoms with Crippen LogP contribution in [0.1, 0.15) is 23.9 Å². The normalized spacial score (nSPS) is 11.0. The number of aromatic nitrogens is 2. The van der Waals surface area contributed by atoms with Gasteiger partial charge in [-0.05, 0) is 54.5 Å². The highest BCUT2D eigenvalue weighted by molar-refractivity contribution is 9.10. The van der Waals surface area contributed by atoms with Crippen molar-refractivity contribution in [1.29, 1.82) is 5.26 Å². The second-order valence-corrected chi connectivity index (χ2v) is 8.58. The van der Waals surface area contributed by atoms with Gasteiger partial charge in [-0.3, -0.25) is 10.1 Å². The van der Waals surface area contributed by atoms with E-state index in [1.54, 1.807) is 24.3 Å². The minimum absolute atomic E-state index is 0.0343. The summed E-state index contributed by atoms with van der Waals surface area (Å²) in [4.78, 5) is 12.5. The number of nitriles is 1. The number of carbonyl (C=O) groups is 1. The number of nitrogens with zero attached hydrogens (tertiary/aromatic N) is 3. The van der Waals surface area contributed by atoms with Gasteiger partial charge in [0, 0.05) is 10.9 Å². The predicted octanol–water partition coefficient (Wildman–Crippen LogP) is 5.26. The van der Waals surface area contributed by atoms with Crippen molar-refractivity contribution < 1.29 is 14.3 Å². The Morgan fingerprint density at radius 3 is 2.62 bits per heavy atom. The Labute approximate surface area is 198 Å². The third-order valence-electron chi connectivity index (χ3n) is 4.12. The van der Waals surface area contributed by atoms with Crippen molar-refractivity contribution in [3.63, 3.8) is 0 Å². The molecule has 1 heterocycles. The van der Waals surface area contributed by atoms with Gasteiger partial charge in [0.2, 0.25) is 5.13 Å². The third kappa shape index (κ3) is 7.18. The van der Waals surface area contributed by atoms with Crippen molar-refractivity contribution >= 4 is 44.4 Å². The van der Waals surface area contributed by atoms with E-state index in [0.717, 1.165) is 28.1 Å². The third-order valence-corrected chi connectivity index (χ3v) is 5.55. The van der Waals surface area contributed by atoms with Gasteiger partial charge >= 0.3 is 0 Å². The topological polar surface area (TPSA) is 97.1 Å². The van der Waals surface area contributed by atoms with Crippen LogP contribution in [0.4, 0.5) is 5.13 Å². The largest absolute Gasteiger partial charge is 0.490 e. The van der Waals surface area contributed by atoms with Gasteiger partial charge in [-0.2, -0.15) is 5.26 Å². The van der Waals surface area contributed by atoms with Crippen LogP contribution in [0.5, 0.6) is 11.5 Å². The molecule has 1 aromatic heterocycles. The lowest BCUT2D eigenvalue weighted by atomic mass is 10.1. The van der Waals surface area contributed by atoms with Gasteiger partial charge in [0.1, 0.15) is 41.4 Å². The highest BCUT2D eigenvalue weighted by Crippen LogP contribution is 2.20. The molecule has 164 valence electrons. The second-order valence-electron chi connectivity index (χ2n) is 6.60. The monoisotopic (exact) mass is 512 g/mol. The number of amides is 1. The number of carbonyl (C=O) groups excluding carboxylic acids is 1. The highest BCUT2D eigenvalue weighted by atomic mass is 79.9. The van der Waals surface area contributed by atoms with E-state index in [-0.39, 0.29) is 5.57 Å².